The standard InChI is InChI=1S/C15H31NO/c1-13-7-6-8-15(11-13,12-16-5)17-10-9-14(2,3)4/h13,16H,6-12H2,1-5H3. The molecule has 1 rings (SSSR count). The zero-order valence-electron chi connectivity index (χ0n) is 12.4. The first-order valence-electron chi connectivity index (χ1n) is 7.15. The average molecular weight is 241 g/mol. The lowest BCUT2D eigenvalue weighted by Gasteiger charge is -2.40. The van der Waals surface area contributed by atoms with Gasteiger partial charge < -0.3 is 10.1 Å². The van der Waals surface area contributed by atoms with Gasteiger partial charge in [-0.15, -0.1) is 0 Å². The van der Waals surface area contributed by atoms with E-state index in [1.807, 2.05) is 7.05 Å². The molecule has 0 heterocycles. The summed E-state index contributed by atoms with van der Waals surface area (Å²) in [6, 6.07) is 0. The van der Waals surface area contributed by atoms with Crippen LogP contribution in [-0.4, -0.2) is 25.8 Å². The van der Waals surface area contributed by atoms with Gasteiger partial charge in [0.25, 0.3) is 0 Å². The Kier molecular flexibility index (Phi) is 5.46. The minimum atomic E-state index is 0.109. The summed E-state index contributed by atoms with van der Waals surface area (Å²) >= 11 is 0. The molecule has 1 saturated carbocycles. The predicted octanol–water partition coefficient (Wildman–Crippen LogP) is 3.61. The fourth-order valence-corrected chi connectivity index (χ4v) is 2.85. The summed E-state index contributed by atoms with van der Waals surface area (Å²) in [5, 5.41) is 3.32. The van der Waals surface area contributed by atoms with Crippen molar-refractivity contribution in [2.24, 2.45) is 11.3 Å². The van der Waals surface area contributed by atoms with Gasteiger partial charge in [0.05, 0.1) is 5.60 Å². The van der Waals surface area contributed by atoms with E-state index < -0.39 is 0 Å². The third-order valence-corrected chi connectivity index (χ3v) is 3.81. The van der Waals surface area contributed by atoms with Crippen molar-refractivity contribution in [3.05, 3.63) is 0 Å². The molecular formula is C15H31NO. The summed E-state index contributed by atoms with van der Waals surface area (Å²) in [5.74, 6) is 0.812. The van der Waals surface area contributed by atoms with Crippen LogP contribution in [0.15, 0.2) is 0 Å². The van der Waals surface area contributed by atoms with Crippen LogP contribution in [0, 0.1) is 11.3 Å². The van der Waals surface area contributed by atoms with E-state index >= 15 is 0 Å². The summed E-state index contributed by atoms with van der Waals surface area (Å²) in [4.78, 5) is 0. The molecule has 1 aliphatic carbocycles. The van der Waals surface area contributed by atoms with Gasteiger partial charge >= 0.3 is 0 Å². The lowest BCUT2D eigenvalue weighted by molar-refractivity contribution is -0.0846. The van der Waals surface area contributed by atoms with Crippen molar-refractivity contribution in [3.63, 3.8) is 0 Å². The van der Waals surface area contributed by atoms with Gasteiger partial charge in [0, 0.05) is 13.2 Å². The van der Waals surface area contributed by atoms with Crippen LogP contribution in [0.4, 0.5) is 0 Å². The largest absolute Gasteiger partial charge is 0.374 e. The van der Waals surface area contributed by atoms with Crippen LogP contribution in [0.25, 0.3) is 0 Å². The van der Waals surface area contributed by atoms with Gasteiger partial charge in [-0.05, 0) is 37.6 Å². The summed E-state index contributed by atoms with van der Waals surface area (Å²) in [6.45, 7) is 11.1. The topological polar surface area (TPSA) is 21.3 Å². The Morgan fingerprint density at radius 3 is 2.59 bits per heavy atom. The molecule has 0 aliphatic heterocycles. The highest BCUT2D eigenvalue weighted by Gasteiger charge is 2.35. The van der Waals surface area contributed by atoms with Crippen molar-refractivity contribution < 1.29 is 4.74 Å². The molecule has 0 radical (unpaired) electrons. The number of nitrogens with one attached hydrogen (secondary N) is 1. The molecule has 17 heavy (non-hydrogen) atoms. The van der Waals surface area contributed by atoms with Crippen molar-refractivity contribution in [1.29, 1.82) is 0 Å². The van der Waals surface area contributed by atoms with E-state index in [-0.39, 0.29) is 5.60 Å². The molecule has 1 aliphatic rings. The molecule has 0 bridgehead atoms. The van der Waals surface area contributed by atoms with Crippen molar-refractivity contribution in [3.8, 4) is 0 Å². The van der Waals surface area contributed by atoms with Crippen LogP contribution in [0.2, 0.25) is 0 Å². The maximum atomic E-state index is 6.29. The molecular weight excluding hydrogens is 210 g/mol. The minimum absolute atomic E-state index is 0.109. The van der Waals surface area contributed by atoms with Crippen LogP contribution in [0.1, 0.15) is 59.8 Å². The lowest BCUT2D eigenvalue weighted by atomic mass is 9.78. The highest BCUT2D eigenvalue weighted by atomic mass is 16.5. The van der Waals surface area contributed by atoms with E-state index in [9.17, 15) is 0 Å². The average Bonchev–Trinajstić information content (AvgIpc) is 2.15. The summed E-state index contributed by atoms with van der Waals surface area (Å²) < 4.78 is 6.29. The second-order valence-corrected chi connectivity index (χ2v) is 7.07. The Morgan fingerprint density at radius 1 is 1.35 bits per heavy atom. The van der Waals surface area contributed by atoms with Crippen LogP contribution in [0.3, 0.4) is 0 Å². The van der Waals surface area contributed by atoms with Crippen LogP contribution >= 0.6 is 0 Å². The summed E-state index contributed by atoms with van der Waals surface area (Å²) in [5.41, 5.74) is 0.485. The van der Waals surface area contributed by atoms with E-state index in [0.29, 0.717) is 5.41 Å². The molecule has 1 fully saturated rings. The molecule has 0 aromatic rings. The van der Waals surface area contributed by atoms with Crippen molar-refractivity contribution >= 4 is 0 Å². The third-order valence-electron chi connectivity index (χ3n) is 3.81. The van der Waals surface area contributed by atoms with Gasteiger partial charge in [-0.25, -0.2) is 0 Å². The Labute approximate surface area is 108 Å². The lowest BCUT2D eigenvalue weighted by Crippen LogP contribution is -2.46. The van der Waals surface area contributed by atoms with Gasteiger partial charge in [0.15, 0.2) is 0 Å². The Balaban J connectivity index is 2.47. The molecule has 1 N–H and O–H groups in total. The normalized spacial score (nSPS) is 30.5. The SMILES string of the molecule is CNCC1(OCCC(C)(C)C)CCCC(C)C1. The molecule has 2 atom stereocenters. The first-order valence-corrected chi connectivity index (χ1v) is 7.15. The van der Waals surface area contributed by atoms with Gasteiger partial charge in [-0.2, -0.15) is 0 Å². The smallest absolute Gasteiger partial charge is 0.0808 e. The molecule has 0 amide bonds. The van der Waals surface area contributed by atoms with Crippen LogP contribution < -0.4 is 5.32 Å². The number of ether oxygens (including phenoxy) is 1. The van der Waals surface area contributed by atoms with Crippen LogP contribution in [0.5, 0.6) is 0 Å². The highest BCUT2D eigenvalue weighted by Crippen LogP contribution is 2.35. The van der Waals surface area contributed by atoms with Gasteiger partial charge in [0.2, 0.25) is 0 Å². The highest BCUT2D eigenvalue weighted by molar-refractivity contribution is 4.88. The fraction of sp³-hybridized carbons (Fsp3) is 1.00. The van der Waals surface area contributed by atoms with E-state index in [1.165, 1.54) is 25.7 Å². The van der Waals surface area contributed by atoms with Crippen LogP contribution in [-0.2, 0) is 4.74 Å². The zero-order valence-corrected chi connectivity index (χ0v) is 12.4. The van der Waals surface area contributed by atoms with Gasteiger partial charge in [-0.3, -0.25) is 0 Å². The van der Waals surface area contributed by atoms with E-state index in [1.54, 1.807) is 0 Å². The summed E-state index contributed by atoms with van der Waals surface area (Å²) in [7, 11) is 2.04. The molecule has 0 aromatic heterocycles. The van der Waals surface area contributed by atoms with E-state index in [4.69, 9.17) is 4.74 Å². The Morgan fingerprint density at radius 2 is 2.06 bits per heavy atom. The Hall–Kier alpha value is -0.0800. The predicted molar refractivity (Wildman–Crippen MR) is 74.3 cm³/mol. The molecule has 0 aromatic carbocycles. The van der Waals surface area contributed by atoms with Gasteiger partial charge in [0.1, 0.15) is 0 Å². The minimum Gasteiger partial charge on any atom is -0.374 e. The van der Waals surface area contributed by atoms with Crippen molar-refractivity contribution in [2.45, 2.75) is 65.4 Å². The Bertz CT molecular complexity index is 217. The van der Waals surface area contributed by atoms with Gasteiger partial charge in [-0.1, -0.05) is 40.5 Å². The molecule has 102 valence electrons. The van der Waals surface area contributed by atoms with E-state index in [0.717, 1.165) is 25.5 Å². The maximum Gasteiger partial charge on any atom is 0.0808 e. The third kappa shape index (κ3) is 5.39. The molecule has 2 nitrogen and oxygen atoms in total. The maximum absolute atomic E-state index is 6.29. The number of hydrogen-bond donors (Lipinski definition) is 1. The quantitative estimate of drug-likeness (QED) is 0.794. The summed E-state index contributed by atoms with van der Waals surface area (Å²) in [6.07, 6.45) is 6.28. The number of likely N-dealkylation sites (N-methyl/N-ethyl adjacent to an activating group) is 1. The first kappa shape index (κ1) is 15.0. The number of rotatable bonds is 5. The molecule has 0 saturated heterocycles. The second kappa shape index (κ2) is 6.19. The van der Waals surface area contributed by atoms with Crippen molar-refractivity contribution in [1.82, 2.24) is 5.32 Å². The fourth-order valence-electron chi connectivity index (χ4n) is 2.85. The second-order valence-electron chi connectivity index (χ2n) is 7.07. The first-order chi connectivity index (χ1) is 7.87. The monoisotopic (exact) mass is 241 g/mol. The van der Waals surface area contributed by atoms with Crippen molar-refractivity contribution in [2.75, 3.05) is 20.2 Å². The number of hydrogen-bond acceptors (Lipinski definition) is 2. The molecule has 2 unspecified atom stereocenters. The molecule has 2 heteroatoms. The van der Waals surface area contributed by atoms with E-state index in [2.05, 4.69) is 33.0 Å². The zero-order chi connectivity index (χ0) is 12.9. The molecule has 0 spiro atoms.